The lowest BCUT2D eigenvalue weighted by Crippen LogP contribution is -2.43. The Morgan fingerprint density at radius 3 is 2.09 bits per heavy atom. The summed E-state index contributed by atoms with van der Waals surface area (Å²) in [6, 6.07) is 18.9. The van der Waals surface area contributed by atoms with Gasteiger partial charge in [0.25, 0.3) is 0 Å². The van der Waals surface area contributed by atoms with Crippen molar-refractivity contribution in [3.8, 4) is 5.75 Å². The fourth-order valence-electron chi connectivity index (χ4n) is 2.08. The van der Waals surface area contributed by atoms with Gasteiger partial charge in [0.05, 0.1) is 0 Å². The molecular formula is C20H29NOSi. The van der Waals surface area contributed by atoms with Crippen molar-refractivity contribution in [1.29, 1.82) is 0 Å². The Labute approximate surface area is 142 Å². The van der Waals surface area contributed by atoms with Crippen molar-refractivity contribution in [3.63, 3.8) is 0 Å². The third-order valence-electron chi connectivity index (χ3n) is 4.62. The van der Waals surface area contributed by atoms with E-state index in [-0.39, 0.29) is 5.04 Å². The Morgan fingerprint density at radius 2 is 1.52 bits per heavy atom. The van der Waals surface area contributed by atoms with E-state index < -0.39 is 8.32 Å². The van der Waals surface area contributed by atoms with Gasteiger partial charge in [-0.25, -0.2) is 0 Å². The molecule has 1 N–H and O–H groups in total. The van der Waals surface area contributed by atoms with Crippen LogP contribution < -0.4 is 9.74 Å². The maximum atomic E-state index is 6.31. The van der Waals surface area contributed by atoms with Gasteiger partial charge in [0.2, 0.25) is 8.32 Å². The highest BCUT2D eigenvalue weighted by Gasteiger charge is 2.38. The molecule has 0 amide bonds. The maximum absolute atomic E-state index is 6.31. The van der Waals surface area contributed by atoms with Gasteiger partial charge in [-0.15, -0.1) is 0 Å². The Hall–Kier alpha value is -1.74. The van der Waals surface area contributed by atoms with E-state index in [4.69, 9.17) is 4.43 Å². The van der Waals surface area contributed by atoms with Crippen molar-refractivity contribution in [2.75, 3.05) is 11.9 Å². The molecule has 2 aromatic rings. The molecule has 2 aromatic carbocycles. The van der Waals surface area contributed by atoms with Crippen LogP contribution >= 0.6 is 0 Å². The lowest BCUT2D eigenvalue weighted by Gasteiger charge is -2.36. The first-order valence-corrected chi connectivity index (χ1v) is 11.3. The van der Waals surface area contributed by atoms with E-state index in [2.05, 4.69) is 93.8 Å². The predicted molar refractivity (Wildman–Crippen MR) is 103 cm³/mol. The molecule has 0 saturated heterocycles. The minimum Gasteiger partial charge on any atom is -0.544 e. The summed E-state index contributed by atoms with van der Waals surface area (Å²) in [6.45, 7) is 12.3. The Balaban J connectivity index is 1.87. The smallest absolute Gasteiger partial charge is 0.250 e. The average Bonchev–Trinajstić information content (AvgIpc) is 2.49. The van der Waals surface area contributed by atoms with Gasteiger partial charge in [-0.05, 0) is 54.4 Å². The fourth-order valence-corrected chi connectivity index (χ4v) is 3.12. The number of anilines is 1. The second-order valence-corrected chi connectivity index (χ2v) is 12.3. The highest BCUT2D eigenvalue weighted by Crippen LogP contribution is 2.37. The zero-order valence-corrected chi connectivity index (χ0v) is 16.0. The van der Waals surface area contributed by atoms with Gasteiger partial charge >= 0.3 is 0 Å². The van der Waals surface area contributed by atoms with E-state index in [9.17, 15) is 0 Å². The molecule has 124 valence electrons. The molecule has 2 nitrogen and oxygen atoms in total. The lowest BCUT2D eigenvalue weighted by molar-refractivity contribution is 0.492. The molecule has 23 heavy (non-hydrogen) atoms. The highest BCUT2D eigenvalue weighted by atomic mass is 28.4. The van der Waals surface area contributed by atoms with Crippen LogP contribution in [0.4, 0.5) is 5.69 Å². The fraction of sp³-hybridized carbons (Fsp3) is 0.400. The van der Waals surface area contributed by atoms with E-state index >= 15 is 0 Å². The van der Waals surface area contributed by atoms with Crippen molar-refractivity contribution in [3.05, 3.63) is 60.2 Å². The second-order valence-electron chi connectivity index (χ2n) is 7.55. The normalized spacial score (nSPS) is 12.0. The third kappa shape index (κ3) is 5.14. The first kappa shape index (κ1) is 17.6. The summed E-state index contributed by atoms with van der Waals surface area (Å²) in [4.78, 5) is 0. The molecular weight excluding hydrogens is 298 g/mol. The Kier molecular flexibility index (Phi) is 5.53. The van der Waals surface area contributed by atoms with E-state index in [1.165, 1.54) is 5.56 Å². The molecule has 0 aromatic heterocycles. The maximum Gasteiger partial charge on any atom is 0.250 e. The number of benzene rings is 2. The van der Waals surface area contributed by atoms with Crippen molar-refractivity contribution >= 4 is 14.0 Å². The van der Waals surface area contributed by atoms with Crippen molar-refractivity contribution in [1.82, 2.24) is 0 Å². The minimum atomic E-state index is -1.75. The SMILES string of the molecule is CC(C)(C)[Si](C)(C)Oc1ccc(NCCc2ccccc2)cc1. The van der Waals surface area contributed by atoms with Crippen molar-refractivity contribution < 1.29 is 4.43 Å². The molecule has 0 spiro atoms. The molecule has 0 aliphatic heterocycles. The van der Waals surface area contributed by atoms with Gasteiger partial charge in [0.1, 0.15) is 5.75 Å². The first-order valence-electron chi connectivity index (χ1n) is 8.35. The van der Waals surface area contributed by atoms with E-state index in [0.717, 1.165) is 24.4 Å². The van der Waals surface area contributed by atoms with E-state index in [1.54, 1.807) is 0 Å². The predicted octanol–water partition coefficient (Wildman–Crippen LogP) is 5.73. The van der Waals surface area contributed by atoms with Crippen molar-refractivity contribution in [2.45, 2.75) is 45.3 Å². The van der Waals surface area contributed by atoms with Gasteiger partial charge < -0.3 is 9.74 Å². The summed E-state index contributed by atoms with van der Waals surface area (Å²) in [7, 11) is -1.75. The van der Waals surface area contributed by atoms with Crippen LogP contribution in [0.5, 0.6) is 5.75 Å². The van der Waals surface area contributed by atoms with Crippen LogP contribution in [-0.4, -0.2) is 14.9 Å². The quantitative estimate of drug-likeness (QED) is 0.685. The number of rotatable bonds is 6. The molecule has 0 radical (unpaired) electrons. The summed E-state index contributed by atoms with van der Waals surface area (Å²) in [6.07, 6.45) is 1.03. The lowest BCUT2D eigenvalue weighted by atomic mass is 10.1. The van der Waals surface area contributed by atoms with Gasteiger partial charge in [0, 0.05) is 12.2 Å². The Bertz CT molecular complexity index is 600. The van der Waals surface area contributed by atoms with E-state index in [0.29, 0.717) is 0 Å². The third-order valence-corrected chi connectivity index (χ3v) is 8.98. The molecule has 2 rings (SSSR count). The van der Waals surface area contributed by atoms with Gasteiger partial charge in [-0.2, -0.15) is 0 Å². The summed E-state index contributed by atoms with van der Waals surface area (Å²) < 4.78 is 6.31. The molecule has 0 unspecified atom stereocenters. The molecule has 0 saturated carbocycles. The number of hydrogen-bond donors (Lipinski definition) is 1. The summed E-state index contributed by atoms with van der Waals surface area (Å²) in [5, 5.41) is 3.69. The minimum absolute atomic E-state index is 0.222. The second kappa shape index (κ2) is 7.22. The van der Waals surface area contributed by atoms with Crippen LogP contribution in [0.1, 0.15) is 26.3 Å². The van der Waals surface area contributed by atoms with Gasteiger partial charge in [-0.1, -0.05) is 51.1 Å². The topological polar surface area (TPSA) is 21.3 Å². The number of hydrogen-bond acceptors (Lipinski definition) is 2. The molecule has 0 aliphatic rings. The van der Waals surface area contributed by atoms with Gasteiger partial charge in [0.15, 0.2) is 0 Å². The van der Waals surface area contributed by atoms with Crippen LogP contribution in [-0.2, 0) is 6.42 Å². The van der Waals surface area contributed by atoms with Crippen molar-refractivity contribution in [2.24, 2.45) is 0 Å². The van der Waals surface area contributed by atoms with Crippen LogP contribution in [0.2, 0.25) is 18.1 Å². The molecule has 0 fully saturated rings. The first-order chi connectivity index (χ1) is 10.8. The largest absolute Gasteiger partial charge is 0.544 e. The molecule has 3 heteroatoms. The summed E-state index contributed by atoms with van der Waals surface area (Å²) >= 11 is 0. The van der Waals surface area contributed by atoms with Gasteiger partial charge in [-0.3, -0.25) is 0 Å². The van der Waals surface area contributed by atoms with Crippen LogP contribution in [0.25, 0.3) is 0 Å². The standard InChI is InChI=1S/C20H29NOSi/c1-20(2,3)23(4,5)22-19-13-11-18(12-14-19)21-16-15-17-9-7-6-8-10-17/h6-14,21H,15-16H2,1-5H3. The van der Waals surface area contributed by atoms with Crippen LogP contribution in [0.3, 0.4) is 0 Å². The average molecular weight is 328 g/mol. The van der Waals surface area contributed by atoms with Crippen LogP contribution in [0.15, 0.2) is 54.6 Å². The van der Waals surface area contributed by atoms with E-state index in [1.807, 2.05) is 0 Å². The highest BCUT2D eigenvalue weighted by molar-refractivity contribution is 6.74. The summed E-state index contributed by atoms with van der Waals surface area (Å²) in [5.41, 5.74) is 2.50. The van der Waals surface area contributed by atoms with Crippen LogP contribution in [0, 0.1) is 0 Å². The summed E-state index contributed by atoms with van der Waals surface area (Å²) in [5.74, 6) is 0.977. The Morgan fingerprint density at radius 1 is 0.913 bits per heavy atom. The monoisotopic (exact) mass is 327 g/mol. The molecule has 0 aliphatic carbocycles. The molecule has 0 atom stereocenters. The molecule has 0 bridgehead atoms. The number of nitrogens with one attached hydrogen (secondary N) is 1. The molecule has 0 heterocycles. The zero-order valence-electron chi connectivity index (χ0n) is 15.0. The zero-order chi connectivity index (χ0) is 16.9.